The monoisotopic (exact) mass is 393 g/mol. The number of esters is 1. The first kappa shape index (κ1) is 20.7. The molecule has 2 aromatic carbocycles. The van der Waals surface area contributed by atoms with Crippen LogP contribution in [0, 0.1) is 0 Å². The number of hydrogen-bond acceptors (Lipinski definition) is 6. The van der Waals surface area contributed by atoms with Crippen molar-refractivity contribution in [2.24, 2.45) is 0 Å². The lowest BCUT2D eigenvalue weighted by molar-refractivity contribution is -0.142. The summed E-state index contributed by atoms with van der Waals surface area (Å²) in [6, 6.07) is 13.0. The molecule has 0 aliphatic rings. The molecule has 1 N–H and O–H groups in total. The predicted octanol–water partition coefficient (Wildman–Crippen LogP) is 2.16. The molecule has 27 heavy (non-hydrogen) atoms. The van der Waals surface area contributed by atoms with Crippen molar-refractivity contribution in [3.8, 4) is 11.5 Å². The van der Waals surface area contributed by atoms with Crippen LogP contribution < -0.4 is 14.2 Å². The van der Waals surface area contributed by atoms with Crippen molar-refractivity contribution in [2.45, 2.75) is 24.3 Å². The third-order valence-electron chi connectivity index (χ3n) is 3.78. The van der Waals surface area contributed by atoms with Crippen LogP contribution in [0.4, 0.5) is 0 Å². The second-order valence-corrected chi connectivity index (χ2v) is 7.62. The Bertz CT molecular complexity index is 847. The number of benzene rings is 2. The lowest BCUT2D eigenvalue weighted by Gasteiger charge is -2.15. The second kappa shape index (κ2) is 9.38. The summed E-state index contributed by atoms with van der Waals surface area (Å²) >= 11 is 0. The zero-order valence-electron chi connectivity index (χ0n) is 15.5. The van der Waals surface area contributed by atoms with Crippen LogP contribution in [0.25, 0.3) is 0 Å². The minimum atomic E-state index is -3.62. The smallest absolute Gasteiger partial charge is 0.343 e. The van der Waals surface area contributed by atoms with Gasteiger partial charge in [0.05, 0.1) is 19.1 Å². The molecule has 8 heteroatoms. The Kier molecular flexibility index (Phi) is 7.20. The summed E-state index contributed by atoms with van der Waals surface area (Å²) in [5.74, 6) is 0.674. The molecule has 146 valence electrons. The average molecular weight is 393 g/mol. The maximum absolute atomic E-state index is 12.4. The number of nitrogens with one attached hydrogen (secondary N) is 1. The highest BCUT2D eigenvalue weighted by molar-refractivity contribution is 7.89. The number of carbonyl (C=O) groups excluding carboxylic acids is 1. The zero-order chi connectivity index (χ0) is 19.9. The lowest BCUT2D eigenvalue weighted by atomic mass is 10.1. The van der Waals surface area contributed by atoms with Gasteiger partial charge in [0.25, 0.3) is 0 Å². The quantitative estimate of drug-likeness (QED) is 0.657. The highest BCUT2D eigenvalue weighted by atomic mass is 32.2. The van der Waals surface area contributed by atoms with Crippen LogP contribution in [-0.4, -0.2) is 41.3 Å². The van der Waals surface area contributed by atoms with Gasteiger partial charge in [-0.1, -0.05) is 12.1 Å². The summed E-state index contributed by atoms with van der Waals surface area (Å²) in [6.45, 7) is 1.64. The van der Waals surface area contributed by atoms with E-state index in [0.717, 1.165) is 5.56 Å². The fourth-order valence-electron chi connectivity index (χ4n) is 2.41. The lowest BCUT2D eigenvalue weighted by Crippen LogP contribution is -2.34. The van der Waals surface area contributed by atoms with Crippen molar-refractivity contribution in [1.29, 1.82) is 0 Å². The fourth-order valence-corrected chi connectivity index (χ4v) is 3.65. The summed E-state index contributed by atoms with van der Waals surface area (Å²) in [5, 5.41) is 0. The third-order valence-corrected chi connectivity index (χ3v) is 5.38. The fraction of sp³-hybridized carbons (Fsp3) is 0.316. The van der Waals surface area contributed by atoms with Crippen LogP contribution in [0.1, 0.15) is 12.5 Å². The topological polar surface area (TPSA) is 90.9 Å². The molecule has 0 heterocycles. The van der Waals surface area contributed by atoms with Gasteiger partial charge in [-0.3, -0.25) is 0 Å². The Morgan fingerprint density at radius 2 is 1.59 bits per heavy atom. The molecule has 0 amide bonds. The number of ether oxygens (including phenoxy) is 3. The summed E-state index contributed by atoms with van der Waals surface area (Å²) < 4.78 is 42.4. The first-order valence-corrected chi connectivity index (χ1v) is 9.77. The van der Waals surface area contributed by atoms with Gasteiger partial charge in [0.1, 0.15) is 11.5 Å². The molecule has 0 saturated heterocycles. The van der Waals surface area contributed by atoms with Crippen LogP contribution in [0.2, 0.25) is 0 Å². The van der Waals surface area contributed by atoms with Crippen molar-refractivity contribution in [1.82, 2.24) is 4.72 Å². The second-order valence-electron chi connectivity index (χ2n) is 5.91. The molecule has 0 saturated carbocycles. The molecule has 0 aromatic heterocycles. The van der Waals surface area contributed by atoms with Crippen LogP contribution >= 0.6 is 0 Å². The van der Waals surface area contributed by atoms with E-state index >= 15 is 0 Å². The number of sulfonamides is 1. The summed E-state index contributed by atoms with van der Waals surface area (Å²) in [5.41, 5.74) is 0.936. The van der Waals surface area contributed by atoms with Crippen LogP contribution in [-0.2, 0) is 26.0 Å². The number of carbonyl (C=O) groups is 1. The third kappa shape index (κ3) is 6.26. The molecular formula is C19H23NO6S. The van der Waals surface area contributed by atoms with E-state index in [-0.39, 0.29) is 17.5 Å². The Morgan fingerprint density at radius 1 is 1.00 bits per heavy atom. The normalized spacial score (nSPS) is 12.3. The van der Waals surface area contributed by atoms with Crippen molar-refractivity contribution in [2.75, 3.05) is 20.8 Å². The number of rotatable bonds is 9. The van der Waals surface area contributed by atoms with Gasteiger partial charge in [-0.15, -0.1) is 0 Å². The zero-order valence-corrected chi connectivity index (χ0v) is 16.3. The van der Waals surface area contributed by atoms with E-state index in [1.807, 2.05) is 12.1 Å². The van der Waals surface area contributed by atoms with Crippen LogP contribution in [0.3, 0.4) is 0 Å². The van der Waals surface area contributed by atoms with Crippen LogP contribution in [0.5, 0.6) is 11.5 Å². The van der Waals surface area contributed by atoms with Gasteiger partial charge in [0, 0.05) is 6.04 Å². The highest BCUT2D eigenvalue weighted by Gasteiger charge is 2.17. The summed E-state index contributed by atoms with van der Waals surface area (Å²) in [7, 11) is -0.797. The van der Waals surface area contributed by atoms with E-state index in [9.17, 15) is 13.2 Å². The molecule has 0 bridgehead atoms. The molecule has 0 aliphatic carbocycles. The van der Waals surface area contributed by atoms with Gasteiger partial charge in [-0.25, -0.2) is 17.9 Å². The minimum absolute atomic E-state index is 0.159. The van der Waals surface area contributed by atoms with Gasteiger partial charge in [-0.05, 0) is 55.3 Å². The van der Waals surface area contributed by atoms with E-state index in [0.29, 0.717) is 17.9 Å². The summed E-state index contributed by atoms with van der Waals surface area (Å²) in [6.07, 6.45) is 0.507. The molecule has 0 fully saturated rings. The van der Waals surface area contributed by atoms with E-state index in [4.69, 9.17) is 9.47 Å². The maximum Gasteiger partial charge on any atom is 0.343 e. The summed E-state index contributed by atoms with van der Waals surface area (Å²) in [4.78, 5) is 11.2. The van der Waals surface area contributed by atoms with E-state index in [1.54, 1.807) is 31.2 Å². The molecule has 0 aliphatic heterocycles. The van der Waals surface area contributed by atoms with Crippen LogP contribution in [0.15, 0.2) is 53.4 Å². The van der Waals surface area contributed by atoms with Crippen molar-refractivity contribution >= 4 is 16.0 Å². The SMILES string of the molecule is COC(=O)COc1ccc(CC(C)NS(=O)(=O)c2ccc(OC)cc2)cc1. The number of hydrogen-bond donors (Lipinski definition) is 1. The molecule has 2 aromatic rings. The highest BCUT2D eigenvalue weighted by Crippen LogP contribution is 2.17. The first-order valence-electron chi connectivity index (χ1n) is 8.29. The Balaban J connectivity index is 1.93. The Hall–Kier alpha value is -2.58. The number of methoxy groups -OCH3 is 2. The standard InChI is InChI=1S/C19H23NO6S/c1-14(20-27(22,23)18-10-8-16(24-2)9-11-18)12-15-4-6-17(7-5-15)26-13-19(21)25-3/h4-11,14,20H,12-13H2,1-3H3. The van der Waals surface area contributed by atoms with E-state index in [2.05, 4.69) is 9.46 Å². The maximum atomic E-state index is 12.4. The van der Waals surface area contributed by atoms with Gasteiger partial charge < -0.3 is 14.2 Å². The molecule has 1 atom stereocenters. The van der Waals surface area contributed by atoms with Crippen molar-refractivity contribution < 1.29 is 27.4 Å². The predicted molar refractivity (Wildman–Crippen MR) is 100 cm³/mol. The van der Waals surface area contributed by atoms with Gasteiger partial charge in [-0.2, -0.15) is 0 Å². The average Bonchev–Trinajstić information content (AvgIpc) is 2.66. The van der Waals surface area contributed by atoms with E-state index < -0.39 is 16.0 Å². The Morgan fingerprint density at radius 3 is 2.15 bits per heavy atom. The Labute approximate surface area is 159 Å². The molecule has 7 nitrogen and oxygen atoms in total. The molecule has 0 radical (unpaired) electrons. The molecule has 2 rings (SSSR count). The molecular weight excluding hydrogens is 370 g/mol. The van der Waals surface area contributed by atoms with Gasteiger partial charge in [0.15, 0.2) is 6.61 Å². The molecule has 0 spiro atoms. The minimum Gasteiger partial charge on any atom is -0.497 e. The van der Waals surface area contributed by atoms with Gasteiger partial charge in [0.2, 0.25) is 10.0 Å². The molecule has 1 unspecified atom stereocenters. The van der Waals surface area contributed by atoms with Crippen molar-refractivity contribution in [3.05, 3.63) is 54.1 Å². The largest absolute Gasteiger partial charge is 0.497 e. The first-order chi connectivity index (χ1) is 12.8. The van der Waals surface area contributed by atoms with Crippen molar-refractivity contribution in [3.63, 3.8) is 0 Å². The van der Waals surface area contributed by atoms with E-state index in [1.165, 1.54) is 26.4 Å². The van der Waals surface area contributed by atoms with Gasteiger partial charge >= 0.3 is 5.97 Å².